The Bertz CT molecular complexity index is 873. The Kier molecular flexibility index (Phi) is 6.48. The van der Waals surface area contributed by atoms with Gasteiger partial charge in [-0.25, -0.2) is 0 Å². The second kappa shape index (κ2) is 8.59. The number of ether oxygens (including phenoxy) is 1. The highest BCUT2D eigenvalue weighted by Crippen LogP contribution is 2.28. The van der Waals surface area contributed by atoms with Crippen molar-refractivity contribution in [3.05, 3.63) is 62.7 Å². The maximum Gasteiger partial charge on any atom is 0.311 e. The smallest absolute Gasteiger partial charge is 0.311 e. The van der Waals surface area contributed by atoms with E-state index < -0.39 is 10.8 Å². The number of rotatable bonds is 5. The summed E-state index contributed by atoms with van der Waals surface area (Å²) in [5, 5.41) is 17.1. The Morgan fingerprint density at radius 3 is 2.73 bits per heavy atom. The molecule has 2 N–H and O–H groups in total. The van der Waals surface area contributed by atoms with Gasteiger partial charge in [-0.15, -0.1) is 0 Å². The zero-order valence-electron chi connectivity index (χ0n) is 14.0. The number of nitrogens with one attached hydrogen (secondary N) is 2. The monoisotopic (exact) mass is 393 g/mol. The second-order valence-corrected chi connectivity index (χ2v) is 6.01. The molecule has 0 saturated carbocycles. The Hall–Kier alpha value is -2.71. The second-order valence-electron chi connectivity index (χ2n) is 5.19. The molecule has 0 atom stereocenters. The number of amides is 1. The van der Waals surface area contributed by atoms with Crippen molar-refractivity contribution in [2.75, 3.05) is 11.9 Å². The molecular weight excluding hydrogens is 378 g/mol. The van der Waals surface area contributed by atoms with Gasteiger partial charge in [0.25, 0.3) is 5.91 Å². The molecule has 0 fully saturated rings. The number of hydrogen-bond acceptors (Lipinski definition) is 5. The van der Waals surface area contributed by atoms with Crippen molar-refractivity contribution < 1.29 is 14.5 Å². The van der Waals surface area contributed by atoms with Crippen molar-refractivity contribution >= 4 is 46.2 Å². The maximum atomic E-state index is 12.3. The molecule has 0 radical (unpaired) electrons. The molecule has 0 aliphatic rings. The maximum absolute atomic E-state index is 12.3. The van der Waals surface area contributed by atoms with Gasteiger partial charge in [0.15, 0.2) is 10.9 Å². The van der Waals surface area contributed by atoms with E-state index in [0.717, 1.165) is 11.6 Å². The average molecular weight is 394 g/mol. The highest BCUT2D eigenvalue weighted by molar-refractivity contribution is 7.80. The summed E-state index contributed by atoms with van der Waals surface area (Å²) in [7, 11) is 0. The van der Waals surface area contributed by atoms with Crippen LogP contribution in [-0.4, -0.2) is 22.5 Å². The highest BCUT2D eigenvalue weighted by atomic mass is 35.5. The van der Waals surface area contributed by atoms with Crippen LogP contribution in [-0.2, 0) is 0 Å². The van der Waals surface area contributed by atoms with E-state index in [9.17, 15) is 14.9 Å². The van der Waals surface area contributed by atoms with E-state index in [0.29, 0.717) is 10.7 Å². The van der Waals surface area contributed by atoms with E-state index in [2.05, 4.69) is 10.6 Å². The van der Waals surface area contributed by atoms with Crippen LogP contribution in [0.25, 0.3) is 0 Å². The first-order valence-electron chi connectivity index (χ1n) is 7.62. The molecule has 0 saturated heterocycles. The number of nitro benzene ring substituents is 1. The fourth-order valence-electron chi connectivity index (χ4n) is 2.15. The van der Waals surface area contributed by atoms with Gasteiger partial charge in [-0.2, -0.15) is 0 Å². The average Bonchev–Trinajstić information content (AvgIpc) is 2.59. The Balaban J connectivity index is 2.14. The summed E-state index contributed by atoms with van der Waals surface area (Å²) < 4.78 is 5.19. The number of benzene rings is 2. The van der Waals surface area contributed by atoms with E-state index in [-0.39, 0.29) is 28.7 Å². The number of carbonyl (C=O) groups is 1. The minimum Gasteiger partial charge on any atom is -0.487 e. The zero-order valence-corrected chi connectivity index (χ0v) is 15.6. The summed E-state index contributed by atoms with van der Waals surface area (Å²) >= 11 is 11.2. The van der Waals surface area contributed by atoms with Crippen LogP contribution < -0.4 is 15.4 Å². The molecule has 0 bridgehead atoms. The van der Waals surface area contributed by atoms with Gasteiger partial charge in [-0.1, -0.05) is 17.7 Å². The number of nitro groups is 1. The van der Waals surface area contributed by atoms with Crippen molar-refractivity contribution in [3.8, 4) is 5.75 Å². The molecule has 0 heterocycles. The predicted octanol–water partition coefficient (Wildman–Crippen LogP) is 4.08. The van der Waals surface area contributed by atoms with Gasteiger partial charge in [-0.05, 0) is 55.9 Å². The molecule has 26 heavy (non-hydrogen) atoms. The molecule has 0 aliphatic heterocycles. The molecule has 0 unspecified atom stereocenters. The molecule has 1 amide bonds. The van der Waals surface area contributed by atoms with Gasteiger partial charge < -0.3 is 10.1 Å². The van der Waals surface area contributed by atoms with Crippen LogP contribution in [0.2, 0.25) is 5.02 Å². The van der Waals surface area contributed by atoms with E-state index in [1.807, 2.05) is 6.92 Å². The normalized spacial score (nSPS) is 10.1. The molecule has 136 valence electrons. The number of thiocarbonyl (C=S) groups is 1. The lowest BCUT2D eigenvalue weighted by Gasteiger charge is -2.12. The van der Waals surface area contributed by atoms with E-state index in [1.54, 1.807) is 25.1 Å². The van der Waals surface area contributed by atoms with Gasteiger partial charge >= 0.3 is 5.69 Å². The number of anilines is 1. The van der Waals surface area contributed by atoms with Crippen LogP contribution in [0.5, 0.6) is 5.75 Å². The highest BCUT2D eigenvalue weighted by Gasteiger charge is 2.19. The molecule has 2 rings (SSSR count). The first kappa shape index (κ1) is 19.6. The van der Waals surface area contributed by atoms with Crippen LogP contribution in [0.4, 0.5) is 11.4 Å². The van der Waals surface area contributed by atoms with E-state index in [1.165, 1.54) is 12.1 Å². The standard InChI is InChI=1S/C17H16ClN3O4S/c1-3-25-15-8-7-11(9-14(15)21(23)24)16(22)20-17(26)19-13-6-4-5-12(18)10(13)2/h4-9H,3H2,1-2H3,(H2,19,20,22,26). The summed E-state index contributed by atoms with van der Waals surface area (Å²) in [6, 6.07) is 9.21. The third kappa shape index (κ3) is 4.68. The zero-order chi connectivity index (χ0) is 19.3. The molecule has 0 spiro atoms. The van der Waals surface area contributed by atoms with E-state index in [4.69, 9.17) is 28.6 Å². The first-order valence-corrected chi connectivity index (χ1v) is 8.40. The largest absolute Gasteiger partial charge is 0.487 e. The van der Waals surface area contributed by atoms with Crippen molar-refractivity contribution in [2.45, 2.75) is 13.8 Å². The third-order valence-corrected chi connectivity index (χ3v) is 4.07. The molecule has 0 aromatic heterocycles. The van der Waals surface area contributed by atoms with Crippen LogP contribution in [0.3, 0.4) is 0 Å². The molecule has 2 aromatic carbocycles. The van der Waals surface area contributed by atoms with Crippen molar-refractivity contribution in [2.24, 2.45) is 0 Å². The number of nitrogens with zero attached hydrogens (tertiary/aromatic N) is 1. The molecule has 9 heteroatoms. The summed E-state index contributed by atoms with van der Waals surface area (Å²) in [5.41, 5.74) is 1.24. The molecule has 7 nitrogen and oxygen atoms in total. The van der Waals surface area contributed by atoms with Gasteiger partial charge in [-0.3, -0.25) is 20.2 Å². The number of carbonyl (C=O) groups excluding carboxylic acids is 1. The van der Waals surface area contributed by atoms with Gasteiger partial charge in [0.2, 0.25) is 0 Å². The minimum absolute atomic E-state index is 0.0527. The SMILES string of the molecule is CCOc1ccc(C(=O)NC(=S)Nc2cccc(Cl)c2C)cc1[N+](=O)[O-]. The Morgan fingerprint density at radius 2 is 2.08 bits per heavy atom. The fraction of sp³-hybridized carbons (Fsp3) is 0.176. The van der Waals surface area contributed by atoms with Crippen LogP contribution in [0.15, 0.2) is 36.4 Å². The topological polar surface area (TPSA) is 93.5 Å². The quantitative estimate of drug-likeness (QED) is 0.451. The minimum atomic E-state index is -0.603. The lowest BCUT2D eigenvalue weighted by atomic mass is 10.1. The van der Waals surface area contributed by atoms with Gasteiger partial charge in [0, 0.05) is 22.3 Å². The summed E-state index contributed by atoms with van der Waals surface area (Å²) in [6.07, 6.45) is 0. The van der Waals surface area contributed by atoms with Crippen molar-refractivity contribution in [3.63, 3.8) is 0 Å². The van der Waals surface area contributed by atoms with E-state index >= 15 is 0 Å². The third-order valence-electron chi connectivity index (χ3n) is 3.46. The molecule has 0 aliphatic carbocycles. The Morgan fingerprint density at radius 1 is 1.35 bits per heavy atom. The summed E-state index contributed by atoms with van der Waals surface area (Å²) in [6.45, 7) is 3.80. The van der Waals surface area contributed by atoms with Crippen molar-refractivity contribution in [1.29, 1.82) is 0 Å². The number of halogens is 1. The van der Waals surface area contributed by atoms with Crippen LogP contribution in [0.1, 0.15) is 22.8 Å². The van der Waals surface area contributed by atoms with Gasteiger partial charge in [0.05, 0.1) is 11.5 Å². The lowest BCUT2D eigenvalue weighted by Crippen LogP contribution is -2.34. The van der Waals surface area contributed by atoms with Crippen LogP contribution >= 0.6 is 23.8 Å². The van der Waals surface area contributed by atoms with Crippen molar-refractivity contribution in [1.82, 2.24) is 5.32 Å². The lowest BCUT2D eigenvalue weighted by molar-refractivity contribution is -0.385. The fourth-order valence-corrected chi connectivity index (χ4v) is 2.53. The Labute approximate surface area is 160 Å². The predicted molar refractivity (Wildman–Crippen MR) is 104 cm³/mol. The summed E-state index contributed by atoms with van der Waals surface area (Å²) in [5.74, 6) is -0.474. The number of hydrogen-bond donors (Lipinski definition) is 2. The molecular formula is C17H16ClN3O4S. The first-order chi connectivity index (χ1) is 12.3. The van der Waals surface area contributed by atoms with Crippen LogP contribution in [0, 0.1) is 17.0 Å². The van der Waals surface area contributed by atoms with Gasteiger partial charge in [0.1, 0.15) is 0 Å². The summed E-state index contributed by atoms with van der Waals surface area (Å²) in [4.78, 5) is 22.9. The molecule has 2 aromatic rings.